The van der Waals surface area contributed by atoms with E-state index in [2.05, 4.69) is 6.07 Å². The monoisotopic (exact) mass is 164 g/mol. The lowest BCUT2D eigenvalue weighted by molar-refractivity contribution is 0.405. The molecule has 2 N–H and O–H groups in total. The highest BCUT2D eigenvalue weighted by atomic mass is 16.5. The van der Waals surface area contributed by atoms with Crippen molar-refractivity contribution in [2.24, 2.45) is 5.84 Å². The van der Waals surface area contributed by atoms with E-state index in [0.29, 0.717) is 6.04 Å². The second-order valence-corrected chi connectivity index (χ2v) is 2.95. The summed E-state index contributed by atoms with van der Waals surface area (Å²) in [6, 6.07) is 8.34. The van der Waals surface area contributed by atoms with Crippen LogP contribution in [0.25, 0.3) is 0 Å². The van der Waals surface area contributed by atoms with E-state index in [1.807, 2.05) is 18.2 Å². The molecule has 3 nitrogen and oxygen atoms in total. The van der Waals surface area contributed by atoms with E-state index in [0.717, 1.165) is 12.3 Å². The molecular formula is C9H12N2O. The van der Waals surface area contributed by atoms with Gasteiger partial charge in [0, 0.05) is 12.1 Å². The van der Waals surface area contributed by atoms with E-state index >= 15 is 0 Å². The van der Waals surface area contributed by atoms with Gasteiger partial charge in [-0.1, -0.05) is 18.2 Å². The standard InChI is InChI=1S/C9H12N2O/c1-12-9-5-3-2-4-7(9)8-6-11(8)10/h2-5,8H,6,10H2,1H3. The third kappa shape index (κ3) is 1.17. The highest BCUT2D eigenvalue weighted by Gasteiger charge is 2.34. The van der Waals surface area contributed by atoms with Crippen molar-refractivity contribution in [2.45, 2.75) is 6.04 Å². The van der Waals surface area contributed by atoms with E-state index < -0.39 is 0 Å². The van der Waals surface area contributed by atoms with Crippen molar-refractivity contribution in [1.82, 2.24) is 5.01 Å². The van der Waals surface area contributed by atoms with Gasteiger partial charge in [0.1, 0.15) is 5.75 Å². The Labute approximate surface area is 71.7 Å². The van der Waals surface area contributed by atoms with Gasteiger partial charge < -0.3 is 4.74 Å². The Bertz CT molecular complexity index is 288. The van der Waals surface area contributed by atoms with Crippen LogP contribution < -0.4 is 10.6 Å². The summed E-state index contributed by atoms with van der Waals surface area (Å²) < 4.78 is 5.21. The first-order valence-electron chi connectivity index (χ1n) is 3.97. The number of ether oxygens (including phenoxy) is 1. The number of hydrogen-bond acceptors (Lipinski definition) is 3. The van der Waals surface area contributed by atoms with Gasteiger partial charge in [-0.25, -0.2) is 5.01 Å². The molecule has 1 aromatic carbocycles. The molecule has 1 aromatic rings. The zero-order chi connectivity index (χ0) is 8.55. The van der Waals surface area contributed by atoms with Gasteiger partial charge in [-0.15, -0.1) is 0 Å². The summed E-state index contributed by atoms with van der Waals surface area (Å²) in [7, 11) is 1.68. The van der Waals surface area contributed by atoms with E-state index in [1.54, 1.807) is 12.1 Å². The van der Waals surface area contributed by atoms with Gasteiger partial charge in [-0.3, -0.25) is 5.84 Å². The smallest absolute Gasteiger partial charge is 0.123 e. The molecule has 0 radical (unpaired) electrons. The van der Waals surface area contributed by atoms with Crippen molar-refractivity contribution in [3.8, 4) is 5.75 Å². The lowest BCUT2D eigenvalue weighted by Crippen LogP contribution is -2.06. The van der Waals surface area contributed by atoms with E-state index in [9.17, 15) is 0 Å². The lowest BCUT2D eigenvalue weighted by atomic mass is 10.1. The number of methoxy groups -OCH3 is 1. The lowest BCUT2D eigenvalue weighted by Gasteiger charge is -2.05. The minimum absolute atomic E-state index is 0.362. The second kappa shape index (κ2) is 2.77. The molecule has 0 saturated carbocycles. The molecule has 0 aliphatic carbocycles. The van der Waals surface area contributed by atoms with Crippen molar-refractivity contribution >= 4 is 0 Å². The van der Waals surface area contributed by atoms with Crippen LogP contribution in [0.4, 0.5) is 0 Å². The molecule has 1 saturated heterocycles. The second-order valence-electron chi connectivity index (χ2n) is 2.95. The summed E-state index contributed by atoms with van der Waals surface area (Å²) >= 11 is 0. The van der Waals surface area contributed by atoms with Gasteiger partial charge in [0.25, 0.3) is 0 Å². The van der Waals surface area contributed by atoms with Gasteiger partial charge >= 0.3 is 0 Å². The molecule has 0 spiro atoms. The first-order valence-corrected chi connectivity index (χ1v) is 3.97. The van der Waals surface area contributed by atoms with E-state index in [4.69, 9.17) is 10.6 Å². The number of rotatable bonds is 2. The van der Waals surface area contributed by atoms with Gasteiger partial charge in [0.05, 0.1) is 13.2 Å². The molecule has 64 valence electrons. The zero-order valence-electron chi connectivity index (χ0n) is 7.03. The summed E-state index contributed by atoms with van der Waals surface area (Å²) in [5, 5.41) is 1.79. The van der Waals surface area contributed by atoms with Crippen LogP contribution in [0, 0.1) is 0 Å². The molecule has 1 aliphatic rings. The molecule has 1 fully saturated rings. The predicted molar refractivity (Wildman–Crippen MR) is 46.6 cm³/mol. The predicted octanol–water partition coefficient (Wildman–Crippen LogP) is 0.926. The number of benzene rings is 1. The Morgan fingerprint density at radius 1 is 1.50 bits per heavy atom. The van der Waals surface area contributed by atoms with Crippen molar-refractivity contribution in [2.75, 3.05) is 13.7 Å². The summed E-state index contributed by atoms with van der Waals surface area (Å²) in [5.41, 5.74) is 1.18. The molecule has 1 aliphatic heterocycles. The Kier molecular flexibility index (Phi) is 1.75. The molecule has 0 aromatic heterocycles. The zero-order valence-corrected chi connectivity index (χ0v) is 7.03. The third-order valence-electron chi connectivity index (χ3n) is 2.15. The molecular weight excluding hydrogens is 152 g/mol. The molecule has 2 rings (SSSR count). The van der Waals surface area contributed by atoms with Gasteiger partial charge in [-0.2, -0.15) is 0 Å². The summed E-state index contributed by atoms with van der Waals surface area (Å²) in [6.07, 6.45) is 0. The van der Waals surface area contributed by atoms with Crippen molar-refractivity contribution < 1.29 is 4.74 Å². The van der Waals surface area contributed by atoms with Crippen molar-refractivity contribution in [1.29, 1.82) is 0 Å². The first kappa shape index (κ1) is 7.58. The highest BCUT2D eigenvalue weighted by molar-refractivity contribution is 5.38. The Morgan fingerprint density at radius 3 is 2.75 bits per heavy atom. The maximum Gasteiger partial charge on any atom is 0.123 e. The topological polar surface area (TPSA) is 38.3 Å². The maximum atomic E-state index is 5.60. The number of nitrogens with zero attached hydrogens (tertiary/aromatic N) is 1. The molecule has 0 amide bonds. The summed E-state index contributed by atoms with van der Waals surface area (Å²) in [5.74, 6) is 6.53. The molecule has 2 atom stereocenters. The van der Waals surface area contributed by atoms with Crippen LogP contribution >= 0.6 is 0 Å². The van der Waals surface area contributed by atoms with Gasteiger partial charge in [0.15, 0.2) is 0 Å². The van der Waals surface area contributed by atoms with Crippen LogP contribution in [0.1, 0.15) is 11.6 Å². The van der Waals surface area contributed by atoms with Crippen LogP contribution in [-0.4, -0.2) is 18.7 Å². The quantitative estimate of drug-likeness (QED) is 0.522. The number of hydrogen-bond donors (Lipinski definition) is 1. The van der Waals surface area contributed by atoms with Crippen LogP contribution in [0.2, 0.25) is 0 Å². The average molecular weight is 164 g/mol. The van der Waals surface area contributed by atoms with Crippen molar-refractivity contribution in [3.05, 3.63) is 29.8 Å². The van der Waals surface area contributed by atoms with Crippen molar-refractivity contribution in [3.63, 3.8) is 0 Å². The first-order chi connectivity index (χ1) is 5.83. The Hall–Kier alpha value is -1.06. The molecule has 0 bridgehead atoms. The van der Waals surface area contributed by atoms with E-state index in [-0.39, 0.29) is 0 Å². The van der Waals surface area contributed by atoms with Crippen LogP contribution in [0.5, 0.6) is 5.75 Å². The third-order valence-corrected chi connectivity index (χ3v) is 2.15. The Morgan fingerprint density at radius 2 is 2.17 bits per heavy atom. The molecule has 2 unspecified atom stereocenters. The molecule has 1 heterocycles. The largest absolute Gasteiger partial charge is 0.496 e. The van der Waals surface area contributed by atoms with Crippen LogP contribution in [0.15, 0.2) is 24.3 Å². The SMILES string of the molecule is COc1ccccc1C1CN1N. The normalized spacial score (nSPS) is 26.8. The fourth-order valence-electron chi connectivity index (χ4n) is 1.37. The van der Waals surface area contributed by atoms with Crippen LogP contribution in [0.3, 0.4) is 0 Å². The fraction of sp³-hybridized carbons (Fsp3) is 0.333. The molecule has 3 heteroatoms. The molecule has 12 heavy (non-hydrogen) atoms. The maximum absolute atomic E-state index is 5.60. The summed E-state index contributed by atoms with van der Waals surface area (Å²) in [4.78, 5) is 0. The average Bonchev–Trinajstić information content (AvgIpc) is 2.83. The van der Waals surface area contributed by atoms with Crippen LogP contribution in [-0.2, 0) is 0 Å². The number of para-hydroxylation sites is 1. The number of hydrazine groups is 1. The Balaban J connectivity index is 2.29. The minimum atomic E-state index is 0.362. The highest BCUT2D eigenvalue weighted by Crippen LogP contribution is 2.36. The number of nitrogens with two attached hydrogens (primary N) is 1. The summed E-state index contributed by atoms with van der Waals surface area (Å²) in [6.45, 7) is 0.931. The van der Waals surface area contributed by atoms with Gasteiger partial charge in [-0.05, 0) is 6.07 Å². The van der Waals surface area contributed by atoms with E-state index in [1.165, 1.54) is 5.56 Å². The fourth-order valence-corrected chi connectivity index (χ4v) is 1.37. The van der Waals surface area contributed by atoms with Gasteiger partial charge in [0.2, 0.25) is 0 Å². The minimum Gasteiger partial charge on any atom is -0.496 e.